The summed E-state index contributed by atoms with van der Waals surface area (Å²) in [5.74, 6) is 0.238. The first kappa shape index (κ1) is 22.9. The molecule has 0 radical (unpaired) electrons. The molecule has 1 aromatic heterocycles. The molecule has 0 aliphatic carbocycles. The van der Waals surface area contributed by atoms with Crippen molar-refractivity contribution in [2.75, 3.05) is 19.7 Å². The number of aromatic amines is 1. The van der Waals surface area contributed by atoms with Crippen molar-refractivity contribution in [3.8, 4) is 28.3 Å². The Bertz CT molecular complexity index is 1060. The molecule has 6 nitrogen and oxygen atoms in total. The van der Waals surface area contributed by atoms with Gasteiger partial charge in [0.15, 0.2) is 0 Å². The van der Waals surface area contributed by atoms with Crippen LogP contribution in [0, 0.1) is 5.92 Å². The van der Waals surface area contributed by atoms with Crippen molar-refractivity contribution in [1.82, 2.24) is 15.5 Å². The molecule has 0 atom stereocenters. The van der Waals surface area contributed by atoms with E-state index in [2.05, 4.69) is 15.5 Å². The van der Waals surface area contributed by atoms with E-state index in [9.17, 15) is 18.0 Å². The Morgan fingerprint density at radius 1 is 1.06 bits per heavy atom. The minimum absolute atomic E-state index is 0. The number of nitrogens with zero attached hydrogens (tertiary/aromatic N) is 1. The number of benzene rings is 2. The lowest BCUT2D eigenvalue weighted by Gasteiger charge is -2.22. The maximum Gasteiger partial charge on any atom is 0.434 e. The van der Waals surface area contributed by atoms with E-state index in [4.69, 9.17) is 9.15 Å². The zero-order chi connectivity index (χ0) is 21.1. The van der Waals surface area contributed by atoms with Gasteiger partial charge in [-0.15, -0.1) is 17.5 Å². The molecule has 10 heteroatoms. The molecule has 0 amide bonds. The van der Waals surface area contributed by atoms with Crippen LogP contribution in [0.25, 0.3) is 22.6 Å². The highest BCUT2D eigenvalue weighted by Crippen LogP contribution is 2.39. The predicted molar refractivity (Wildman–Crippen MR) is 111 cm³/mol. The van der Waals surface area contributed by atoms with Gasteiger partial charge in [0.25, 0.3) is 0 Å². The molecule has 0 spiro atoms. The molecule has 31 heavy (non-hydrogen) atoms. The van der Waals surface area contributed by atoms with Crippen molar-refractivity contribution in [1.29, 1.82) is 0 Å². The van der Waals surface area contributed by atoms with E-state index < -0.39 is 17.5 Å². The summed E-state index contributed by atoms with van der Waals surface area (Å²) in [6.07, 6.45) is -2.45. The maximum atomic E-state index is 13.6. The highest BCUT2D eigenvalue weighted by molar-refractivity contribution is 5.85. The van der Waals surface area contributed by atoms with Crippen molar-refractivity contribution in [3.63, 3.8) is 0 Å². The van der Waals surface area contributed by atoms with Gasteiger partial charge in [0.2, 0.25) is 5.89 Å². The molecule has 166 valence electrons. The Morgan fingerprint density at radius 2 is 1.74 bits per heavy atom. The van der Waals surface area contributed by atoms with E-state index in [1.807, 2.05) is 0 Å². The van der Waals surface area contributed by atoms with Crippen LogP contribution in [0.2, 0.25) is 0 Å². The Balaban J connectivity index is 0.00000272. The second-order valence-electron chi connectivity index (χ2n) is 7.21. The zero-order valence-corrected chi connectivity index (χ0v) is 17.2. The third-order valence-electron chi connectivity index (χ3n) is 5.12. The minimum Gasteiger partial charge on any atom is -0.493 e. The van der Waals surface area contributed by atoms with Crippen LogP contribution in [0.5, 0.6) is 5.75 Å². The largest absolute Gasteiger partial charge is 0.493 e. The van der Waals surface area contributed by atoms with Gasteiger partial charge in [-0.3, -0.25) is 0 Å². The molecular formula is C21H21ClF3N3O3. The van der Waals surface area contributed by atoms with E-state index in [1.54, 1.807) is 24.3 Å². The van der Waals surface area contributed by atoms with Crippen molar-refractivity contribution in [2.45, 2.75) is 19.0 Å². The average Bonchev–Trinajstić information content (AvgIpc) is 3.19. The van der Waals surface area contributed by atoms with Crippen LogP contribution in [-0.4, -0.2) is 29.9 Å². The fourth-order valence-electron chi connectivity index (χ4n) is 3.51. The van der Waals surface area contributed by atoms with Crippen LogP contribution in [-0.2, 0) is 6.18 Å². The Kier molecular flexibility index (Phi) is 7.07. The topological polar surface area (TPSA) is 80.2 Å². The SMILES string of the molecule is Cl.O=c1[nH]nc(-c2ccc(C(F)(F)F)c(-c3ccc(OCC4CCNCC4)cc3)c2)o1. The second kappa shape index (κ2) is 9.57. The summed E-state index contributed by atoms with van der Waals surface area (Å²) in [7, 11) is 0. The fraction of sp³-hybridized carbons (Fsp3) is 0.333. The summed E-state index contributed by atoms with van der Waals surface area (Å²) >= 11 is 0. The van der Waals surface area contributed by atoms with Crippen LogP contribution in [0.1, 0.15) is 18.4 Å². The van der Waals surface area contributed by atoms with Crippen LogP contribution in [0.4, 0.5) is 13.2 Å². The van der Waals surface area contributed by atoms with Crippen molar-refractivity contribution >= 4 is 12.4 Å². The lowest BCUT2D eigenvalue weighted by atomic mass is 9.96. The van der Waals surface area contributed by atoms with Gasteiger partial charge in [0, 0.05) is 5.56 Å². The highest BCUT2D eigenvalue weighted by atomic mass is 35.5. The average molecular weight is 456 g/mol. The van der Waals surface area contributed by atoms with E-state index >= 15 is 0 Å². The predicted octanol–water partition coefficient (Wildman–Crippen LogP) is 4.52. The van der Waals surface area contributed by atoms with Gasteiger partial charge < -0.3 is 14.5 Å². The molecule has 0 bridgehead atoms. The first-order valence-electron chi connectivity index (χ1n) is 9.61. The summed E-state index contributed by atoms with van der Waals surface area (Å²) in [6, 6.07) is 10.0. The van der Waals surface area contributed by atoms with Crippen molar-refractivity contribution < 1.29 is 22.3 Å². The number of hydrogen-bond donors (Lipinski definition) is 2. The quantitative estimate of drug-likeness (QED) is 0.591. The number of ether oxygens (including phenoxy) is 1. The third-order valence-corrected chi connectivity index (χ3v) is 5.12. The smallest absolute Gasteiger partial charge is 0.434 e. The van der Waals surface area contributed by atoms with E-state index in [0.717, 1.165) is 32.0 Å². The number of aromatic nitrogens is 2. The normalized spacial score (nSPS) is 14.8. The van der Waals surface area contributed by atoms with Crippen LogP contribution in [0.15, 0.2) is 51.7 Å². The number of hydrogen-bond acceptors (Lipinski definition) is 5. The van der Waals surface area contributed by atoms with Crippen LogP contribution < -0.4 is 15.8 Å². The van der Waals surface area contributed by atoms with Gasteiger partial charge >= 0.3 is 11.9 Å². The lowest BCUT2D eigenvalue weighted by molar-refractivity contribution is -0.137. The molecule has 2 aromatic carbocycles. The Labute approximate surface area is 182 Å². The molecule has 0 saturated carbocycles. The van der Waals surface area contributed by atoms with E-state index in [-0.39, 0.29) is 29.4 Å². The van der Waals surface area contributed by atoms with Gasteiger partial charge in [0.05, 0.1) is 12.2 Å². The minimum atomic E-state index is -4.54. The standard InChI is InChI=1S/C21H20F3N3O3.ClH/c22-21(23,24)18-6-3-15(19-26-27-20(28)30-19)11-17(18)14-1-4-16(5-2-14)29-12-13-7-9-25-10-8-13;/h1-6,11,13,25H,7-10,12H2,(H,27,28);1H. The third kappa shape index (κ3) is 5.48. The molecule has 1 aliphatic rings. The second-order valence-corrected chi connectivity index (χ2v) is 7.21. The lowest BCUT2D eigenvalue weighted by Crippen LogP contribution is -2.30. The number of nitrogens with one attached hydrogen (secondary N) is 2. The van der Waals surface area contributed by atoms with E-state index in [1.165, 1.54) is 12.1 Å². The molecule has 4 rings (SSSR count). The van der Waals surface area contributed by atoms with Crippen molar-refractivity contribution in [2.24, 2.45) is 5.92 Å². The van der Waals surface area contributed by atoms with Gasteiger partial charge in [0.1, 0.15) is 5.75 Å². The summed E-state index contributed by atoms with van der Waals surface area (Å²) in [5, 5.41) is 9.09. The Morgan fingerprint density at radius 3 is 2.35 bits per heavy atom. The monoisotopic (exact) mass is 455 g/mol. The molecule has 1 fully saturated rings. The fourth-order valence-corrected chi connectivity index (χ4v) is 3.51. The number of piperidine rings is 1. The molecule has 3 aromatic rings. The number of rotatable bonds is 5. The molecule has 2 N–H and O–H groups in total. The Hall–Kier alpha value is -2.78. The molecular weight excluding hydrogens is 435 g/mol. The van der Waals surface area contributed by atoms with Gasteiger partial charge in [-0.1, -0.05) is 12.1 Å². The summed E-state index contributed by atoms with van der Waals surface area (Å²) < 4.78 is 51.3. The van der Waals surface area contributed by atoms with Gasteiger partial charge in [-0.2, -0.15) is 13.2 Å². The molecule has 1 saturated heterocycles. The molecule has 1 aliphatic heterocycles. The van der Waals surface area contributed by atoms with E-state index in [0.29, 0.717) is 23.8 Å². The van der Waals surface area contributed by atoms with Crippen LogP contribution in [0.3, 0.4) is 0 Å². The summed E-state index contributed by atoms with van der Waals surface area (Å²) in [5.41, 5.74) is -0.179. The maximum absolute atomic E-state index is 13.6. The molecule has 0 unspecified atom stereocenters. The summed E-state index contributed by atoms with van der Waals surface area (Å²) in [4.78, 5) is 11.2. The van der Waals surface area contributed by atoms with Crippen LogP contribution >= 0.6 is 12.4 Å². The number of alkyl halides is 3. The number of halogens is 4. The molecule has 2 heterocycles. The van der Waals surface area contributed by atoms with Gasteiger partial charge in [-0.25, -0.2) is 9.89 Å². The highest BCUT2D eigenvalue weighted by Gasteiger charge is 2.34. The summed E-state index contributed by atoms with van der Waals surface area (Å²) in [6.45, 7) is 2.53. The van der Waals surface area contributed by atoms with Gasteiger partial charge in [-0.05, 0) is 73.3 Å². The zero-order valence-electron chi connectivity index (χ0n) is 16.4. The first-order valence-corrected chi connectivity index (χ1v) is 9.61. The first-order chi connectivity index (χ1) is 14.4. The number of H-pyrrole nitrogens is 1. The van der Waals surface area contributed by atoms with Crippen molar-refractivity contribution in [3.05, 3.63) is 58.6 Å².